The molecule has 0 radical (unpaired) electrons. The summed E-state index contributed by atoms with van der Waals surface area (Å²) in [6.07, 6.45) is 2.16. The second-order valence-corrected chi connectivity index (χ2v) is 9.04. The number of carbonyl (C=O) groups excluding carboxylic acids is 3. The molecule has 3 amide bonds. The molecule has 28 heavy (non-hydrogen) atoms. The normalized spacial score (nSPS) is 14.8. The van der Waals surface area contributed by atoms with Gasteiger partial charge in [0, 0.05) is 18.6 Å². The van der Waals surface area contributed by atoms with Crippen LogP contribution in [-0.4, -0.2) is 38.2 Å². The average molecular weight is 388 g/mol. The number of aromatic hydroxyl groups is 1. The number of carbonyl (C=O) groups is 3. The van der Waals surface area contributed by atoms with Gasteiger partial charge in [0.2, 0.25) is 0 Å². The molecule has 0 aliphatic carbocycles. The molecule has 0 saturated heterocycles. The molecule has 0 atom stereocenters. The highest BCUT2D eigenvalue weighted by molar-refractivity contribution is 6.13. The SMILES string of the molecule is CC(C)(C)c1cc(CCC(=O)N(O)N2C(=O)C=CC2=O)cc(C(C)(C)C)c1O. The van der Waals surface area contributed by atoms with Gasteiger partial charge in [-0.05, 0) is 33.9 Å². The van der Waals surface area contributed by atoms with Crippen molar-refractivity contribution in [2.24, 2.45) is 0 Å². The molecule has 152 valence electrons. The molecule has 1 heterocycles. The van der Waals surface area contributed by atoms with Gasteiger partial charge in [-0.15, -0.1) is 5.17 Å². The Morgan fingerprint density at radius 3 is 1.79 bits per heavy atom. The van der Waals surface area contributed by atoms with Crippen LogP contribution in [0.15, 0.2) is 24.3 Å². The number of nitrogens with zero attached hydrogens (tertiary/aromatic N) is 2. The first-order valence-corrected chi connectivity index (χ1v) is 9.18. The molecule has 0 bridgehead atoms. The number of imide groups is 1. The molecule has 0 fully saturated rings. The first-order chi connectivity index (χ1) is 12.7. The predicted octanol–water partition coefficient (Wildman–Crippen LogP) is 2.98. The monoisotopic (exact) mass is 388 g/mol. The largest absolute Gasteiger partial charge is 0.507 e. The number of hydroxylamine groups is 1. The lowest BCUT2D eigenvalue weighted by atomic mass is 9.78. The van der Waals surface area contributed by atoms with Crippen LogP contribution in [-0.2, 0) is 31.6 Å². The summed E-state index contributed by atoms with van der Waals surface area (Å²) < 4.78 is 0. The van der Waals surface area contributed by atoms with Gasteiger partial charge >= 0.3 is 0 Å². The number of hydrazine groups is 1. The zero-order chi connectivity index (χ0) is 21.4. The van der Waals surface area contributed by atoms with Gasteiger partial charge in [0.25, 0.3) is 17.7 Å². The van der Waals surface area contributed by atoms with Crippen LogP contribution in [0.2, 0.25) is 0 Å². The Morgan fingerprint density at radius 2 is 1.39 bits per heavy atom. The Labute approximate surface area is 165 Å². The summed E-state index contributed by atoms with van der Waals surface area (Å²) in [5, 5.41) is 21.1. The van der Waals surface area contributed by atoms with Gasteiger partial charge in [-0.2, -0.15) is 5.01 Å². The van der Waals surface area contributed by atoms with E-state index in [1.807, 2.05) is 53.7 Å². The van der Waals surface area contributed by atoms with Gasteiger partial charge in [0.05, 0.1) is 0 Å². The van der Waals surface area contributed by atoms with Crippen LogP contribution in [0.3, 0.4) is 0 Å². The second-order valence-electron chi connectivity index (χ2n) is 9.04. The lowest BCUT2D eigenvalue weighted by molar-refractivity contribution is -0.228. The van der Waals surface area contributed by atoms with Gasteiger partial charge in [-0.1, -0.05) is 53.7 Å². The summed E-state index contributed by atoms with van der Waals surface area (Å²) in [5.41, 5.74) is 1.78. The predicted molar refractivity (Wildman–Crippen MR) is 103 cm³/mol. The Balaban J connectivity index is 2.25. The highest BCUT2D eigenvalue weighted by atomic mass is 16.6. The van der Waals surface area contributed by atoms with E-state index in [1.54, 1.807) is 0 Å². The topological polar surface area (TPSA) is 98.2 Å². The third-order valence-corrected chi connectivity index (χ3v) is 4.61. The molecule has 2 rings (SSSR count). The lowest BCUT2D eigenvalue weighted by Crippen LogP contribution is -2.47. The molecule has 1 aliphatic rings. The second kappa shape index (κ2) is 7.39. The van der Waals surface area contributed by atoms with E-state index in [-0.39, 0.29) is 34.6 Å². The number of amides is 3. The maximum absolute atomic E-state index is 12.3. The van der Waals surface area contributed by atoms with Crippen LogP contribution >= 0.6 is 0 Å². The van der Waals surface area contributed by atoms with Crippen LogP contribution in [0.1, 0.15) is 64.7 Å². The summed E-state index contributed by atoms with van der Waals surface area (Å²) >= 11 is 0. The average Bonchev–Trinajstić information content (AvgIpc) is 2.89. The van der Waals surface area contributed by atoms with Crippen molar-refractivity contribution in [2.75, 3.05) is 0 Å². The fourth-order valence-electron chi connectivity index (χ4n) is 3.02. The van der Waals surface area contributed by atoms with Gasteiger partial charge in [-0.3, -0.25) is 19.6 Å². The lowest BCUT2D eigenvalue weighted by Gasteiger charge is -2.28. The third kappa shape index (κ3) is 4.42. The molecule has 2 N–H and O–H groups in total. The highest BCUT2D eigenvalue weighted by Crippen LogP contribution is 2.40. The van der Waals surface area contributed by atoms with Gasteiger partial charge in [0.1, 0.15) is 5.75 Å². The van der Waals surface area contributed by atoms with Gasteiger partial charge < -0.3 is 5.11 Å². The van der Waals surface area contributed by atoms with Crippen molar-refractivity contribution >= 4 is 17.7 Å². The van der Waals surface area contributed by atoms with Crippen LogP contribution in [0.4, 0.5) is 0 Å². The summed E-state index contributed by atoms with van der Waals surface area (Å²) in [5.74, 6) is -2.06. The Bertz CT molecular complexity index is 790. The first kappa shape index (κ1) is 21.6. The molecule has 1 aliphatic heterocycles. The number of phenols is 1. The van der Waals surface area contributed by atoms with E-state index < -0.39 is 17.7 Å². The van der Waals surface area contributed by atoms with Crippen molar-refractivity contribution in [3.63, 3.8) is 0 Å². The molecular formula is C21H28N2O5. The van der Waals surface area contributed by atoms with Crippen molar-refractivity contribution in [3.8, 4) is 5.75 Å². The number of aryl methyl sites for hydroxylation is 1. The fourth-order valence-corrected chi connectivity index (χ4v) is 3.02. The summed E-state index contributed by atoms with van der Waals surface area (Å²) in [6.45, 7) is 12.0. The molecule has 1 aromatic carbocycles. The molecular weight excluding hydrogens is 360 g/mol. The number of benzene rings is 1. The molecule has 0 spiro atoms. The summed E-state index contributed by atoms with van der Waals surface area (Å²) in [6, 6.07) is 3.71. The van der Waals surface area contributed by atoms with Crippen molar-refractivity contribution in [2.45, 2.75) is 65.2 Å². The minimum atomic E-state index is -0.770. The maximum Gasteiger partial charge on any atom is 0.274 e. The number of phenolic OH excluding ortho intramolecular Hbond substituents is 1. The standard InChI is InChI=1S/C21H28N2O5/c1-20(2,3)14-11-13(12-15(19(14)27)21(4,5)6)7-8-18(26)23(28)22-16(24)9-10-17(22)25/h9-12,27-28H,7-8H2,1-6H3. The Morgan fingerprint density at radius 1 is 0.964 bits per heavy atom. The maximum atomic E-state index is 12.3. The van der Waals surface area contributed by atoms with Crippen LogP contribution in [0, 0.1) is 0 Å². The molecule has 0 unspecified atom stereocenters. The zero-order valence-electron chi connectivity index (χ0n) is 17.2. The van der Waals surface area contributed by atoms with E-state index in [4.69, 9.17) is 0 Å². The van der Waals surface area contributed by atoms with E-state index in [2.05, 4.69) is 0 Å². The van der Waals surface area contributed by atoms with Crippen molar-refractivity contribution < 1.29 is 24.7 Å². The first-order valence-electron chi connectivity index (χ1n) is 9.18. The number of rotatable bonds is 4. The minimum absolute atomic E-state index is 0.0699. The summed E-state index contributed by atoms with van der Waals surface area (Å²) in [4.78, 5) is 35.5. The van der Waals surface area contributed by atoms with Crippen molar-refractivity contribution in [3.05, 3.63) is 41.0 Å². The Kier molecular flexibility index (Phi) is 5.71. The van der Waals surface area contributed by atoms with E-state index >= 15 is 0 Å². The van der Waals surface area contributed by atoms with Crippen molar-refractivity contribution in [1.82, 2.24) is 10.2 Å². The zero-order valence-corrected chi connectivity index (χ0v) is 17.2. The molecule has 1 aromatic rings. The van der Waals surface area contributed by atoms with E-state index in [0.717, 1.165) is 28.8 Å². The van der Waals surface area contributed by atoms with Gasteiger partial charge in [0.15, 0.2) is 0 Å². The minimum Gasteiger partial charge on any atom is -0.507 e. The molecule has 7 heteroatoms. The number of hydrogen-bond donors (Lipinski definition) is 2. The van der Waals surface area contributed by atoms with E-state index in [1.165, 1.54) is 0 Å². The Hall–Kier alpha value is -2.67. The van der Waals surface area contributed by atoms with Crippen LogP contribution in [0.25, 0.3) is 0 Å². The smallest absolute Gasteiger partial charge is 0.274 e. The summed E-state index contributed by atoms with van der Waals surface area (Å²) in [7, 11) is 0. The third-order valence-electron chi connectivity index (χ3n) is 4.61. The van der Waals surface area contributed by atoms with Gasteiger partial charge in [-0.25, -0.2) is 0 Å². The highest BCUT2D eigenvalue weighted by Gasteiger charge is 2.32. The molecule has 0 saturated carbocycles. The molecule has 7 nitrogen and oxygen atoms in total. The van der Waals surface area contributed by atoms with E-state index in [0.29, 0.717) is 5.01 Å². The quantitative estimate of drug-likeness (QED) is 0.469. The number of hydrogen-bond acceptors (Lipinski definition) is 5. The van der Waals surface area contributed by atoms with E-state index in [9.17, 15) is 24.7 Å². The fraction of sp³-hybridized carbons (Fsp3) is 0.476. The van der Waals surface area contributed by atoms with Crippen LogP contribution in [0.5, 0.6) is 5.75 Å². The van der Waals surface area contributed by atoms with Crippen molar-refractivity contribution in [1.29, 1.82) is 0 Å². The van der Waals surface area contributed by atoms with Crippen LogP contribution < -0.4 is 0 Å². The molecule has 0 aromatic heterocycles.